The summed E-state index contributed by atoms with van der Waals surface area (Å²) < 4.78 is 40.3. The lowest BCUT2D eigenvalue weighted by atomic mass is 9.94. The zero-order chi connectivity index (χ0) is 21.1. The van der Waals surface area contributed by atoms with E-state index in [2.05, 4.69) is 16.0 Å². The fraction of sp³-hybridized carbons (Fsp3) is 0.391. The highest BCUT2D eigenvalue weighted by Gasteiger charge is 2.30. The van der Waals surface area contributed by atoms with E-state index < -0.39 is 11.7 Å². The third-order valence-electron chi connectivity index (χ3n) is 5.70. The Balaban J connectivity index is 1.43. The maximum Gasteiger partial charge on any atom is 0.416 e. The van der Waals surface area contributed by atoms with Gasteiger partial charge in [0.05, 0.1) is 12.1 Å². The molecule has 1 aromatic carbocycles. The minimum Gasteiger partial charge on any atom is -0.337 e. The van der Waals surface area contributed by atoms with Crippen molar-refractivity contribution >= 4 is 0 Å². The Hall–Kier alpha value is -2.67. The third-order valence-corrected chi connectivity index (χ3v) is 5.70. The quantitative estimate of drug-likeness (QED) is 0.601. The van der Waals surface area contributed by atoms with Crippen molar-refractivity contribution in [3.8, 4) is 0 Å². The van der Waals surface area contributed by atoms with Crippen molar-refractivity contribution in [1.82, 2.24) is 19.4 Å². The van der Waals surface area contributed by atoms with E-state index in [1.807, 2.05) is 36.1 Å². The standard InChI is InChI=1S/C23H25F3N4/c1-29-13-11-27-22(29)16-30-12-3-4-18(15-30)21-6-2-5-20(28-21)14-17-7-9-19(10-8-17)23(24,25)26/h2,5-11,13,18H,3-4,12,14-16H2,1H3. The van der Waals surface area contributed by atoms with Gasteiger partial charge < -0.3 is 4.57 Å². The number of imidazole rings is 1. The highest BCUT2D eigenvalue weighted by Crippen LogP contribution is 2.30. The second kappa shape index (κ2) is 8.60. The number of benzene rings is 1. The van der Waals surface area contributed by atoms with Gasteiger partial charge in [0, 0.05) is 49.7 Å². The van der Waals surface area contributed by atoms with E-state index >= 15 is 0 Å². The van der Waals surface area contributed by atoms with E-state index in [4.69, 9.17) is 4.98 Å². The maximum absolute atomic E-state index is 12.8. The summed E-state index contributed by atoms with van der Waals surface area (Å²) in [6, 6.07) is 11.3. The second-order valence-corrected chi connectivity index (χ2v) is 7.95. The lowest BCUT2D eigenvalue weighted by Gasteiger charge is -2.32. The Morgan fingerprint density at radius 2 is 1.90 bits per heavy atom. The Morgan fingerprint density at radius 1 is 1.10 bits per heavy atom. The minimum atomic E-state index is -4.31. The molecule has 158 valence electrons. The smallest absolute Gasteiger partial charge is 0.337 e. The largest absolute Gasteiger partial charge is 0.416 e. The van der Waals surface area contributed by atoms with Crippen molar-refractivity contribution in [1.29, 1.82) is 0 Å². The van der Waals surface area contributed by atoms with Crippen LogP contribution in [0, 0.1) is 0 Å². The van der Waals surface area contributed by atoms with Crippen LogP contribution in [0.5, 0.6) is 0 Å². The number of likely N-dealkylation sites (tertiary alicyclic amines) is 1. The first-order chi connectivity index (χ1) is 14.4. The predicted octanol–water partition coefficient (Wildman–Crippen LogP) is 4.80. The van der Waals surface area contributed by atoms with E-state index in [-0.39, 0.29) is 0 Å². The lowest BCUT2D eigenvalue weighted by Crippen LogP contribution is -2.35. The van der Waals surface area contributed by atoms with Crippen LogP contribution in [-0.2, 0) is 26.2 Å². The number of nitrogens with zero attached hydrogens (tertiary/aromatic N) is 4. The van der Waals surface area contributed by atoms with Gasteiger partial charge >= 0.3 is 6.18 Å². The molecule has 3 aromatic rings. The van der Waals surface area contributed by atoms with Crippen molar-refractivity contribution in [3.63, 3.8) is 0 Å². The van der Waals surface area contributed by atoms with Crippen molar-refractivity contribution in [2.24, 2.45) is 7.05 Å². The minimum absolute atomic E-state index is 0.353. The zero-order valence-electron chi connectivity index (χ0n) is 16.9. The summed E-state index contributed by atoms with van der Waals surface area (Å²) in [5.74, 6) is 1.41. The van der Waals surface area contributed by atoms with Gasteiger partial charge in [0.15, 0.2) is 0 Å². The molecule has 7 heteroatoms. The first kappa shape index (κ1) is 20.6. The van der Waals surface area contributed by atoms with Crippen LogP contribution in [0.2, 0.25) is 0 Å². The number of aryl methyl sites for hydroxylation is 1. The van der Waals surface area contributed by atoms with Gasteiger partial charge in [0.1, 0.15) is 5.82 Å². The summed E-state index contributed by atoms with van der Waals surface area (Å²) in [6.45, 7) is 2.81. The molecule has 0 aliphatic carbocycles. The normalized spacial score (nSPS) is 17.9. The van der Waals surface area contributed by atoms with Gasteiger partial charge in [-0.3, -0.25) is 9.88 Å². The third kappa shape index (κ3) is 4.90. The lowest BCUT2D eigenvalue weighted by molar-refractivity contribution is -0.137. The molecule has 0 saturated carbocycles. The highest BCUT2D eigenvalue weighted by molar-refractivity contribution is 5.28. The molecule has 0 radical (unpaired) electrons. The number of halogens is 3. The van der Waals surface area contributed by atoms with Gasteiger partial charge in [-0.2, -0.15) is 13.2 Å². The Labute approximate surface area is 174 Å². The average molecular weight is 414 g/mol. The second-order valence-electron chi connectivity index (χ2n) is 7.95. The van der Waals surface area contributed by atoms with Crippen LogP contribution in [0.4, 0.5) is 13.2 Å². The van der Waals surface area contributed by atoms with Gasteiger partial charge in [0.25, 0.3) is 0 Å². The average Bonchev–Trinajstić information content (AvgIpc) is 3.13. The van der Waals surface area contributed by atoms with Crippen LogP contribution in [-0.4, -0.2) is 32.5 Å². The Bertz CT molecular complexity index is 979. The van der Waals surface area contributed by atoms with Gasteiger partial charge in [-0.15, -0.1) is 0 Å². The molecular weight excluding hydrogens is 389 g/mol. The molecule has 0 spiro atoms. The van der Waals surface area contributed by atoms with E-state index in [0.29, 0.717) is 12.3 Å². The van der Waals surface area contributed by atoms with Crippen LogP contribution in [0.15, 0.2) is 54.9 Å². The molecule has 1 fully saturated rings. The fourth-order valence-corrected chi connectivity index (χ4v) is 4.03. The fourth-order valence-electron chi connectivity index (χ4n) is 4.03. The monoisotopic (exact) mass is 414 g/mol. The summed E-state index contributed by atoms with van der Waals surface area (Å²) in [4.78, 5) is 11.7. The molecule has 1 atom stereocenters. The molecule has 0 N–H and O–H groups in total. The van der Waals surface area contributed by atoms with E-state index in [1.54, 1.807) is 0 Å². The molecule has 2 aromatic heterocycles. The van der Waals surface area contributed by atoms with Crippen LogP contribution >= 0.6 is 0 Å². The first-order valence-electron chi connectivity index (χ1n) is 10.2. The Kier molecular flexibility index (Phi) is 5.90. The van der Waals surface area contributed by atoms with E-state index in [9.17, 15) is 13.2 Å². The molecule has 1 aliphatic heterocycles. The van der Waals surface area contributed by atoms with Crippen LogP contribution < -0.4 is 0 Å². The molecule has 30 heavy (non-hydrogen) atoms. The summed E-state index contributed by atoms with van der Waals surface area (Å²) >= 11 is 0. The van der Waals surface area contributed by atoms with Gasteiger partial charge in [-0.05, 0) is 49.2 Å². The SMILES string of the molecule is Cn1ccnc1CN1CCCC(c2cccc(Cc3ccc(C(F)(F)F)cc3)n2)C1. The summed E-state index contributed by atoms with van der Waals surface area (Å²) in [5, 5.41) is 0. The number of alkyl halides is 3. The maximum atomic E-state index is 12.8. The first-order valence-corrected chi connectivity index (χ1v) is 10.2. The van der Waals surface area contributed by atoms with Crippen molar-refractivity contribution in [2.75, 3.05) is 13.1 Å². The summed E-state index contributed by atoms with van der Waals surface area (Å²) in [6.07, 6.45) is 2.20. The van der Waals surface area contributed by atoms with Crippen LogP contribution in [0.25, 0.3) is 0 Å². The van der Waals surface area contributed by atoms with Crippen molar-refractivity contribution in [2.45, 2.75) is 37.9 Å². The molecule has 1 saturated heterocycles. The number of aromatic nitrogens is 3. The number of piperidine rings is 1. The van der Waals surface area contributed by atoms with Crippen molar-refractivity contribution in [3.05, 3.63) is 83.2 Å². The number of pyridine rings is 1. The molecule has 0 bridgehead atoms. The van der Waals surface area contributed by atoms with Crippen LogP contribution in [0.1, 0.15) is 47.1 Å². The number of hydrogen-bond donors (Lipinski definition) is 0. The number of rotatable bonds is 5. The highest BCUT2D eigenvalue weighted by atomic mass is 19.4. The molecule has 1 aliphatic rings. The molecular formula is C23H25F3N4. The predicted molar refractivity (Wildman–Crippen MR) is 109 cm³/mol. The van der Waals surface area contributed by atoms with Gasteiger partial charge in [-0.1, -0.05) is 18.2 Å². The summed E-state index contributed by atoms with van der Waals surface area (Å²) in [5.41, 5.74) is 2.15. The van der Waals surface area contributed by atoms with E-state index in [1.165, 1.54) is 12.1 Å². The molecule has 4 rings (SSSR count). The zero-order valence-corrected chi connectivity index (χ0v) is 16.9. The number of hydrogen-bond acceptors (Lipinski definition) is 3. The Morgan fingerprint density at radius 3 is 2.60 bits per heavy atom. The van der Waals surface area contributed by atoms with Crippen LogP contribution in [0.3, 0.4) is 0 Å². The topological polar surface area (TPSA) is 34.0 Å². The van der Waals surface area contributed by atoms with Gasteiger partial charge in [0.2, 0.25) is 0 Å². The van der Waals surface area contributed by atoms with Gasteiger partial charge in [-0.25, -0.2) is 4.98 Å². The summed E-state index contributed by atoms with van der Waals surface area (Å²) in [7, 11) is 2.01. The molecule has 3 heterocycles. The molecule has 4 nitrogen and oxygen atoms in total. The molecule has 0 amide bonds. The van der Waals surface area contributed by atoms with Crippen molar-refractivity contribution < 1.29 is 13.2 Å². The molecule has 1 unspecified atom stereocenters. The van der Waals surface area contributed by atoms with E-state index in [0.717, 1.165) is 67.4 Å².